The van der Waals surface area contributed by atoms with E-state index in [9.17, 15) is 10.5 Å². The Bertz CT molecular complexity index is 1150. The Morgan fingerprint density at radius 3 is 2.41 bits per heavy atom. The summed E-state index contributed by atoms with van der Waals surface area (Å²) < 4.78 is 6.49. The van der Waals surface area contributed by atoms with Gasteiger partial charge in [0.05, 0.1) is 32.8 Å². The predicted molar refractivity (Wildman–Crippen MR) is 120 cm³/mol. The lowest BCUT2D eigenvalue weighted by Gasteiger charge is -2.12. The smallest absolute Gasteiger partial charge is 0.152 e. The zero-order valence-corrected chi connectivity index (χ0v) is 18.1. The number of nitriles is 2. The van der Waals surface area contributed by atoms with Gasteiger partial charge in [-0.15, -0.1) is 0 Å². The van der Waals surface area contributed by atoms with Gasteiger partial charge in [-0.25, -0.2) is 0 Å². The molecule has 3 rings (SSSR count). The van der Waals surface area contributed by atoms with Crippen molar-refractivity contribution < 1.29 is 4.74 Å². The van der Waals surface area contributed by atoms with Crippen LogP contribution in [0.2, 0.25) is 10.0 Å². The highest BCUT2D eigenvalue weighted by Crippen LogP contribution is 2.36. The molecule has 3 aromatic carbocycles. The minimum atomic E-state index is 0.209. The fourth-order valence-electron chi connectivity index (χ4n) is 2.72. The third-order valence-electron chi connectivity index (χ3n) is 4.13. The molecule has 0 aromatic heterocycles. The SMILES string of the molecule is N#CC(=Cc1cc(Cl)c(OCc2ccccc2C#N)c(Br)c1)c1ccccc1Cl. The van der Waals surface area contributed by atoms with Crippen molar-refractivity contribution in [2.24, 2.45) is 0 Å². The highest BCUT2D eigenvalue weighted by molar-refractivity contribution is 9.10. The van der Waals surface area contributed by atoms with Crippen LogP contribution in [0.5, 0.6) is 5.75 Å². The van der Waals surface area contributed by atoms with Gasteiger partial charge < -0.3 is 4.74 Å². The topological polar surface area (TPSA) is 56.8 Å². The molecule has 0 N–H and O–H groups in total. The second-order valence-corrected chi connectivity index (χ2v) is 7.69. The molecule has 0 amide bonds. The van der Waals surface area contributed by atoms with Crippen molar-refractivity contribution in [3.8, 4) is 17.9 Å². The number of ether oxygens (including phenoxy) is 1. The largest absolute Gasteiger partial charge is 0.486 e. The van der Waals surface area contributed by atoms with Crippen LogP contribution in [-0.4, -0.2) is 0 Å². The Morgan fingerprint density at radius 2 is 1.72 bits per heavy atom. The van der Waals surface area contributed by atoms with Crippen LogP contribution in [0.4, 0.5) is 0 Å². The van der Waals surface area contributed by atoms with Crippen LogP contribution in [0.3, 0.4) is 0 Å². The van der Waals surface area contributed by atoms with Crippen LogP contribution in [0.1, 0.15) is 22.3 Å². The van der Waals surface area contributed by atoms with E-state index in [0.717, 1.165) is 11.1 Å². The van der Waals surface area contributed by atoms with Gasteiger partial charge in [0, 0.05) is 16.1 Å². The molecule has 0 heterocycles. The highest BCUT2D eigenvalue weighted by atomic mass is 79.9. The van der Waals surface area contributed by atoms with E-state index >= 15 is 0 Å². The summed E-state index contributed by atoms with van der Waals surface area (Å²) in [6, 6.07) is 22.2. The molecule has 0 atom stereocenters. The van der Waals surface area contributed by atoms with Crippen molar-refractivity contribution in [3.63, 3.8) is 0 Å². The number of halogens is 3. The maximum atomic E-state index is 9.55. The molecule has 0 unspecified atom stereocenters. The van der Waals surface area contributed by atoms with Crippen LogP contribution in [0.25, 0.3) is 11.6 Å². The van der Waals surface area contributed by atoms with Crippen molar-refractivity contribution in [1.82, 2.24) is 0 Å². The second kappa shape index (κ2) is 9.63. The summed E-state index contributed by atoms with van der Waals surface area (Å²) in [5, 5.41) is 19.6. The number of hydrogen-bond donors (Lipinski definition) is 0. The Hall–Kier alpha value is -2.76. The predicted octanol–water partition coefficient (Wildman–Crippen LogP) is 7.27. The maximum absolute atomic E-state index is 9.55. The summed E-state index contributed by atoms with van der Waals surface area (Å²) in [4.78, 5) is 0. The van der Waals surface area contributed by atoms with Crippen LogP contribution in [0.15, 0.2) is 65.1 Å². The summed E-state index contributed by atoms with van der Waals surface area (Å²) in [6.45, 7) is 0.209. The molecule has 0 aliphatic carbocycles. The molecule has 0 saturated heterocycles. The van der Waals surface area contributed by atoms with E-state index in [-0.39, 0.29) is 6.61 Å². The normalized spacial score (nSPS) is 10.9. The first-order valence-corrected chi connectivity index (χ1v) is 10.0. The number of nitrogens with zero attached hydrogens (tertiary/aromatic N) is 2. The molecule has 29 heavy (non-hydrogen) atoms. The van der Waals surface area contributed by atoms with Crippen LogP contribution in [0, 0.1) is 22.7 Å². The number of benzene rings is 3. The molecule has 6 heteroatoms. The van der Waals surface area contributed by atoms with Gasteiger partial charge in [0.25, 0.3) is 0 Å². The zero-order valence-electron chi connectivity index (χ0n) is 15.0. The molecular formula is C23H13BrCl2N2O. The van der Waals surface area contributed by atoms with E-state index in [2.05, 4.69) is 28.1 Å². The van der Waals surface area contributed by atoms with E-state index in [0.29, 0.717) is 37.0 Å². The average molecular weight is 484 g/mol. The number of hydrogen-bond acceptors (Lipinski definition) is 3. The summed E-state index contributed by atoms with van der Waals surface area (Å²) in [5.74, 6) is 0.466. The van der Waals surface area contributed by atoms with E-state index < -0.39 is 0 Å². The van der Waals surface area contributed by atoms with Gasteiger partial charge in [-0.1, -0.05) is 59.6 Å². The molecule has 3 aromatic rings. The van der Waals surface area contributed by atoms with E-state index in [1.54, 1.807) is 36.4 Å². The zero-order chi connectivity index (χ0) is 20.8. The van der Waals surface area contributed by atoms with Crippen molar-refractivity contribution in [2.75, 3.05) is 0 Å². The van der Waals surface area contributed by atoms with E-state index in [1.807, 2.05) is 30.3 Å². The molecule has 0 aliphatic heterocycles. The first-order chi connectivity index (χ1) is 14.0. The summed E-state index contributed by atoms with van der Waals surface area (Å²) in [6.07, 6.45) is 1.71. The van der Waals surface area contributed by atoms with E-state index in [1.165, 1.54) is 0 Å². The summed E-state index contributed by atoms with van der Waals surface area (Å²) in [5.41, 5.74) is 3.13. The summed E-state index contributed by atoms with van der Waals surface area (Å²) in [7, 11) is 0. The quantitative estimate of drug-likeness (QED) is 0.283. The standard InChI is InChI=1S/C23H13BrCl2N2O/c24-20-10-15(9-18(13-28)19-7-3-4-8-21(19)25)11-22(26)23(20)29-14-17-6-2-1-5-16(17)12-27/h1-11H,14H2. The second-order valence-electron chi connectivity index (χ2n) is 6.02. The van der Waals surface area contributed by atoms with Gasteiger partial charge in [0.15, 0.2) is 5.75 Å². The van der Waals surface area contributed by atoms with Crippen molar-refractivity contribution in [3.05, 3.63) is 97.4 Å². The molecule has 3 nitrogen and oxygen atoms in total. The van der Waals surface area contributed by atoms with Crippen LogP contribution < -0.4 is 4.74 Å². The van der Waals surface area contributed by atoms with Crippen molar-refractivity contribution in [2.45, 2.75) is 6.61 Å². The van der Waals surface area contributed by atoms with Crippen molar-refractivity contribution in [1.29, 1.82) is 10.5 Å². The lowest BCUT2D eigenvalue weighted by Crippen LogP contribution is -1.99. The highest BCUT2D eigenvalue weighted by Gasteiger charge is 2.12. The molecule has 0 fully saturated rings. The minimum absolute atomic E-state index is 0.209. The van der Waals surface area contributed by atoms with Gasteiger partial charge >= 0.3 is 0 Å². The minimum Gasteiger partial charge on any atom is -0.486 e. The average Bonchev–Trinajstić information content (AvgIpc) is 2.72. The fourth-order valence-corrected chi connectivity index (χ4v) is 3.95. The lowest BCUT2D eigenvalue weighted by molar-refractivity contribution is 0.304. The maximum Gasteiger partial charge on any atom is 0.152 e. The molecule has 0 radical (unpaired) electrons. The molecule has 0 saturated carbocycles. The van der Waals surface area contributed by atoms with Gasteiger partial charge in [0.1, 0.15) is 6.61 Å². The molecule has 0 aliphatic rings. The molecule has 0 bridgehead atoms. The fraction of sp³-hybridized carbons (Fsp3) is 0.0435. The number of allylic oxidation sites excluding steroid dienone is 1. The Balaban J connectivity index is 1.89. The van der Waals surface area contributed by atoms with Gasteiger partial charge in [-0.05, 0) is 51.8 Å². The third-order valence-corrected chi connectivity index (χ3v) is 5.33. The molecule has 142 valence electrons. The molecular weight excluding hydrogens is 471 g/mol. The number of rotatable bonds is 5. The monoisotopic (exact) mass is 482 g/mol. The van der Waals surface area contributed by atoms with Crippen LogP contribution in [-0.2, 0) is 6.61 Å². The lowest BCUT2D eigenvalue weighted by atomic mass is 10.0. The van der Waals surface area contributed by atoms with Crippen LogP contribution >= 0.6 is 39.1 Å². The molecule has 0 spiro atoms. The van der Waals surface area contributed by atoms with E-state index in [4.69, 9.17) is 27.9 Å². The Kier molecular flexibility index (Phi) is 6.96. The third kappa shape index (κ3) is 5.00. The first kappa shape index (κ1) is 21.0. The van der Waals surface area contributed by atoms with Crippen molar-refractivity contribution >= 4 is 50.8 Å². The van der Waals surface area contributed by atoms with Gasteiger partial charge in [0.2, 0.25) is 0 Å². The Labute approximate surface area is 187 Å². The Morgan fingerprint density at radius 1 is 1.00 bits per heavy atom. The van der Waals surface area contributed by atoms with Gasteiger partial charge in [-0.2, -0.15) is 10.5 Å². The summed E-state index contributed by atoms with van der Waals surface area (Å²) >= 11 is 16.1. The first-order valence-electron chi connectivity index (χ1n) is 8.50. The van der Waals surface area contributed by atoms with Gasteiger partial charge in [-0.3, -0.25) is 0 Å².